The van der Waals surface area contributed by atoms with Crippen LogP contribution in [0.15, 0.2) is 0 Å². The van der Waals surface area contributed by atoms with Crippen LogP contribution in [0.25, 0.3) is 0 Å². The van der Waals surface area contributed by atoms with E-state index in [0.717, 1.165) is 0 Å². The van der Waals surface area contributed by atoms with Crippen molar-refractivity contribution in [3.63, 3.8) is 0 Å². The standard InChI is InChI=1S/Co.Mg.2H2O/h;;2*1H2. The average Bonchev–Trinajstić information content (AvgIpc) is 0. The SMILES string of the molecule is O.O.[Co].[Mg]. The molecule has 0 saturated carbocycles. The molecule has 0 atom stereocenters. The van der Waals surface area contributed by atoms with Crippen molar-refractivity contribution in [2.45, 2.75) is 0 Å². The number of rotatable bonds is 0. The van der Waals surface area contributed by atoms with Gasteiger partial charge in [0.05, 0.1) is 0 Å². The summed E-state index contributed by atoms with van der Waals surface area (Å²) in [6.07, 6.45) is 0. The fourth-order valence-electron chi connectivity index (χ4n) is 0. The van der Waals surface area contributed by atoms with Crippen molar-refractivity contribution in [1.29, 1.82) is 0 Å². The molecule has 0 aromatic heterocycles. The molecule has 4 N–H and O–H groups in total. The van der Waals surface area contributed by atoms with Gasteiger partial charge in [0.15, 0.2) is 0 Å². The van der Waals surface area contributed by atoms with Gasteiger partial charge in [-0.1, -0.05) is 0 Å². The van der Waals surface area contributed by atoms with Gasteiger partial charge in [-0.2, -0.15) is 0 Å². The predicted molar refractivity (Wildman–Crippen MR) is 13.0 cm³/mol. The average molecular weight is 119 g/mol. The van der Waals surface area contributed by atoms with E-state index in [-0.39, 0.29) is 50.8 Å². The van der Waals surface area contributed by atoms with Gasteiger partial charge in [-0.3, -0.25) is 0 Å². The van der Waals surface area contributed by atoms with E-state index in [1.807, 2.05) is 0 Å². The summed E-state index contributed by atoms with van der Waals surface area (Å²) in [5.74, 6) is 0. The Kier molecular flexibility index (Phi) is 482. The molecule has 0 amide bonds. The van der Waals surface area contributed by atoms with Crippen molar-refractivity contribution in [3.8, 4) is 0 Å². The van der Waals surface area contributed by atoms with Crippen molar-refractivity contribution < 1.29 is 27.7 Å². The van der Waals surface area contributed by atoms with E-state index < -0.39 is 0 Å². The first kappa shape index (κ1) is 64.2. The van der Waals surface area contributed by atoms with Crippen LogP contribution in [0.2, 0.25) is 0 Å². The van der Waals surface area contributed by atoms with Crippen molar-refractivity contribution >= 4 is 23.1 Å². The Hall–Kier alpha value is 1.19. The Morgan fingerprint density at radius 2 is 0.750 bits per heavy atom. The van der Waals surface area contributed by atoms with E-state index in [1.54, 1.807) is 0 Å². The molecule has 0 heterocycles. The molecule has 0 bridgehead atoms. The van der Waals surface area contributed by atoms with Gasteiger partial charge in [0.2, 0.25) is 0 Å². The van der Waals surface area contributed by atoms with E-state index in [9.17, 15) is 0 Å². The molecular weight excluding hydrogens is 115 g/mol. The van der Waals surface area contributed by atoms with Crippen LogP contribution >= 0.6 is 0 Å². The molecule has 0 aliphatic heterocycles. The molecule has 0 fully saturated rings. The van der Waals surface area contributed by atoms with Crippen molar-refractivity contribution in [2.75, 3.05) is 0 Å². The molecule has 4 heteroatoms. The van der Waals surface area contributed by atoms with E-state index >= 15 is 0 Å². The third-order valence-electron chi connectivity index (χ3n) is 0. The van der Waals surface area contributed by atoms with Crippen molar-refractivity contribution in [2.24, 2.45) is 0 Å². The molecule has 0 spiro atoms. The summed E-state index contributed by atoms with van der Waals surface area (Å²) < 4.78 is 0. The van der Waals surface area contributed by atoms with Crippen LogP contribution < -0.4 is 0 Å². The summed E-state index contributed by atoms with van der Waals surface area (Å²) in [5.41, 5.74) is 0. The van der Waals surface area contributed by atoms with Gasteiger partial charge in [-0.05, 0) is 0 Å². The minimum atomic E-state index is 0. The molecule has 0 aliphatic rings. The maximum atomic E-state index is 0. The minimum absolute atomic E-state index is 0. The third-order valence-corrected chi connectivity index (χ3v) is 0. The van der Waals surface area contributed by atoms with Gasteiger partial charge in [-0.25, -0.2) is 0 Å². The second kappa shape index (κ2) is 30.0. The van der Waals surface area contributed by atoms with Gasteiger partial charge in [0, 0.05) is 39.8 Å². The van der Waals surface area contributed by atoms with Crippen molar-refractivity contribution in [1.82, 2.24) is 0 Å². The fourth-order valence-corrected chi connectivity index (χ4v) is 0. The molecule has 0 saturated heterocycles. The Morgan fingerprint density at radius 3 is 0.750 bits per heavy atom. The van der Waals surface area contributed by atoms with Crippen LogP contribution in [-0.4, -0.2) is 34.0 Å². The van der Waals surface area contributed by atoms with Gasteiger partial charge >= 0.3 is 0 Å². The molecule has 0 rings (SSSR count). The summed E-state index contributed by atoms with van der Waals surface area (Å²) >= 11 is 0. The van der Waals surface area contributed by atoms with Crippen LogP contribution in [-0.2, 0) is 16.8 Å². The smallest absolute Gasteiger partial charge is 0 e. The van der Waals surface area contributed by atoms with E-state index in [1.165, 1.54) is 0 Å². The quantitative estimate of drug-likeness (QED) is 0.330. The van der Waals surface area contributed by atoms with Gasteiger partial charge in [-0.15, -0.1) is 0 Å². The maximum Gasteiger partial charge on any atom is 0 e. The third kappa shape index (κ3) is 10.8. The summed E-state index contributed by atoms with van der Waals surface area (Å²) in [5, 5.41) is 0. The molecule has 0 aromatic carbocycles. The predicted octanol–water partition coefficient (Wildman–Crippen LogP) is -2.03. The number of hydrogen-bond donors (Lipinski definition) is 0. The Morgan fingerprint density at radius 1 is 0.750 bits per heavy atom. The second-order valence-corrected chi connectivity index (χ2v) is 0. The van der Waals surface area contributed by atoms with Crippen LogP contribution in [0.1, 0.15) is 0 Å². The van der Waals surface area contributed by atoms with Crippen LogP contribution in [0.5, 0.6) is 0 Å². The first-order chi connectivity index (χ1) is 0. The monoisotopic (exact) mass is 119 g/mol. The molecule has 0 aliphatic carbocycles. The molecule has 4 heavy (non-hydrogen) atoms. The van der Waals surface area contributed by atoms with Gasteiger partial charge in [0.1, 0.15) is 0 Å². The zero-order chi connectivity index (χ0) is 0. The van der Waals surface area contributed by atoms with Crippen LogP contribution in [0.3, 0.4) is 0 Å². The van der Waals surface area contributed by atoms with E-state index in [2.05, 4.69) is 0 Å². The van der Waals surface area contributed by atoms with Gasteiger partial charge in [0.25, 0.3) is 0 Å². The summed E-state index contributed by atoms with van der Waals surface area (Å²) in [6, 6.07) is 0. The van der Waals surface area contributed by atoms with Gasteiger partial charge < -0.3 is 11.0 Å². The summed E-state index contributed by atoms with van der Waals surface area (Å²) in [6.45, 7) is 0. The minimum Gasteiger partial charge on any atom is -0.412 e. The number of hydrogen-bond acceptors (Lipinski definition) is 0. The van der Waals surface area contributed by atoms with Crippen LogP contribution in [0, 0.1) is 0 Å². The van der Waals surface area contributed by atoms with E-state index in [0.29, 0.717) is 0 Å². The summed E-state index contributed by atoms with van der Waals surface area (Å²) in [4.78, 5) is 0. The van der Waals surface area contributed by atoms with E-state index in [4.69, 9.17) is 0 Å². The first-order valence-electron chi connectivity index (χ1n) is 0. The zero-order valence-electron chi connectivity index (χ0n) is 2.04. The normalized spacial score (nSPS) is 0. The topological polar surface area (TPSA) is 63.0 Å². The largest absolute Gasteiger partial charge is 0.412 e. The van der Waals surface area contributed by atoms with Crippen LogP contribution in [0.4, 0.5) is 0 Å². The zero-order valence-corrected chi connectivity index (χ0v) is 4.50. The Bertz CT molecular complexity index is 6.00. The molecule has 0 aromatic rings. The molecule has 27 valence electrons. The second-order valence-electron chi connectivity index (χ2n) is 0. The molecule has 3 radical (unpaired) electrons. The summed E-state index contributed by atoms with van der Waals surface area (Å²) in [7, 11) is 0. The maximum absolute atomic E-state index is 0. The fraction of sp³-hybridized carbons (Fsp3) is 0. The molecule has 0 unspecified atom stereocenters. The molecular formula is H4CoMgO2. The first-order valence-corrected chi connectivity index (χ1v) is 0. The molecule has 2 nitrogen and oxygen atoms in total. The Labute approximate surface area is 50.9 Å². The van der Waals surface area contributed by atoms with Crippen molar-refractivity contribution in [3.05, 3.63) is 0 Å². The Balaban J connectivity index is 0.